The third-order valence-corrected chi connectivity index (χ3v) is 2.65. The van der Waals surface area contributed by atoms with Crippen LogP contribution in [0.3, 0.4) is 0 Å². The molecule has 0 saturated heterocycles. The first-order valence-corrected chi connectivity index (χ1v) is 5.16. The van der Waals surface area contributed by atoms with E-state index >= 15 is 0 Å². The van der Waals surface area contributed by atoms with Gasteiger partial charge in [0.2, 0.25) is 0 Å². The third kappa shape index (κ3) is 7.72. The largest absolute Gasteiger partial charge is 0.388 e. The highest BCUT2D eigenvalue weighted by atomic mass is 32.2. The molecule has 0 spiro atoms. The topological polar surface area (TPSA) is 49.9 Å². The lowest BCUT2D eigenvalue weighted by molar-refractivity contribution is 0.752. The van der Waals surface area contributed by atoms with Gasteiger partial charge < -0.3 is 5.73 Å². The summed E-state index contributed by atoms with van der Waals surface area (Å²) < 4.78 is 0. The molecule has 0 saturated carbocycles. The van der Waals surface area contributed by atoms with Crippen molar-refractivity contribution in [2.45, 2.75) is 38.4 Å². The normalized spacial score (nSPS) is 12.9. The van der Waals surface area contributed by atoms with Crippen LogP contribution in [-0.2, 0) is 0 Å². The molecule has 0 aromatic rings. The van der Waals surface area contributed by atoms with Gasteiger partial charge in [-0.05, 0) is 18.6 Å². The molecule has 3 heteroatoms. The summed E-state index contributed by atoms with van der Waals surface area (Å²) >= 11 is 1.97. The van der Waals surface area contributed by atoms with E-state index < -0.39 is 0 Å². The molecule has 0 aromatic carbocycles. The Labute approximate surface area is 73.4 Å². The number of nitrogens with one attached hydrogen (secondary N) is 1. The lowest BCUT2D eigenvalue weighted by Crippen LogP contribution is -2.09. The van der Waals surface area contributed by atoms with Crippen LogP contribution in [0.2, 0.25) is 0 Å². The minimum absolute atomic E-state index is 0.318. The van der Waals surface area contributed by atoms with Gasteiger partial charge in [-0.3, -0.25) is 5.41 Å². The van der Waals surface area contributed by atoms with E-state index in [0.717, 1.165) is 18.1 Å². The molecule has 1 atom stereocenters. The lowest BCUT2D eigenvalue weighted by Gasteiger charge is -2.08. The molecule has 1 unspecified atom stereocenters. The Balaban J connectivity index is 3.16. The van der Waals surface area contributed by atoms with Crippen molar-refractivity contribution in [1.29, 1.82) is 5.41 Å². The maximum absolute atomic E-state index is 7.01. The fourth-order valence-corrected chi connectivity index (χ4v) is 1.85. The summed E-state index contributed by atoms with van der Waals surface area (Å²) in [5, 5.41) is 7.73. The van der Waals surface area contributed by atoms with Crippen molar-refractivity contribution in [1.82, 2.24) is 0 Å². The van der Waals surface area contributed by atoms with E-state index in [0.29, 0.717) is 5.84 Å². The summed E-state index contributed by atoms with van der Waals surface area (Å²) in [6.45, 7) is 4.40. The van der Waals surface area contributed by atoms with Gasteiger partial charge in [-0.25, -0.2) is 0 Å². The molecule has 3 N–H and O–H groups in total. The predicted octanol–water partition coefficient (Wildman–Crippen LogP) is 2.23. The average Bonchev–Trinajstić information content (AvgIpc) is 1.87. The highest BCUT2D eigenvalue weighted by Gasteiger charge is 2.00. The van der Waals surface area contributed by atoms with Crippen LogP contribution in [0, 0.1) is 5.41 Å². The van der Waals surface area contributed by atoms with Crippen molar-refractivity contribution < 1.29 is 0 Å². The van der Waals surface area contributed by atoms with Gasteiger partial charge in [-0.15, -0.1) is 0 Å². The molecule has 66 valence electrons. The van der Waals surface area contributed by atoms with Crippen molar-refractivity contribution in [2.75, 3.05) is 5.75 Å². The molecule has 0 heterocycles. The molecule has 0 bridgehead atoms. The standard InChI is InChI=1S/C8H18N2S/c1-3-11-7(2)5-4-6-8(9)10/h7H,3-6H2,1-2H3,(H3,9,10). The van der Waals surface area contributed by atoms with Gasteiger partial charge in [0.05, 0.1) is 5.84 Å². The minimum atomic E-state index is 0.318. The van der Waals surface area contributed by atoms with Gasteiger partial charge >= 0.3 is 0 Å². The van der Waals surface area contributed by atoms with E-state index in [4.69, 9.17) is 11.1 Å². The smallest absolute Gasteiger partial charge is 0.0905 e. The first-order valence-electron chi connectivity index (χ1n) is 4.11. The second kappa shape index (κ2) is 6.53. The van der Waals surface area contributed by atoms with E-state index in [2.05, 4.69) is 13.8 Å². The van der Waals surface area contributed by atoms with Crippen LogP contribution in [0.5, 0.6) is 0 Å². The lowest BCUT2D eigenvalue weighted by atomic mass is 10.2. The molecule has 0 aliphatic rings. The zero-order chi connectivity index (χ0) is 8.69. The second-order valence-electron chi connectivity index (χ2n) is 2.68. The highest BCUT2D eigenvalue weighted by Crippen LogP contribution is 2.15. The minimum Gasteiger partial charge on any atom is -0.388 e. The molecule has 2 nitrogen and oxygen atoms in total. The Morgan fingerprint density at radius 1 is 1.64 bits per heavy atom. The number of nitrogens with two attached hydrogens (primary N) is 1. The van der Waals surface area contributed by atoms with Crippen LogP contribution in [0.15, 0.2) is 0 Å². The van der Waals surface area contributed by atoms with Crippen LogP contribution in [0.4, 0.5) is 0 Å². The van der Waals surface area contributed by atoms with E-state index in [1.165, 1.54) is 12.2 Å². The molecule has 0 aliphatic heterocycles. The van der Waals surface area contributed by atoms with Crippen molar-refractivity contribution in [3.63, 3.8) is 0 Å². The summed E-state index contributed by atoms with van der Waals surface area (Å²) in [5.41, 5.74) is 5.23. The number of thioether (sulfide) groups is 1. The third-order valence-electron chi connectivity index (χ3n) is 1.51. The number of hydrogen-bond donors (Lipinski definition) is 2. The van der Waals surface area contributed by atoms with Gasteiger partial charge in [0, 0.05) is 11.7 Å². The Hall–Kier alpha value is -0.180. The quantitative estimate of drug-likeness (QED) is 0.479. The molecule has 0 radical (unpaired) electrons. The van der Waals surface area contributed by atoms with Crippen molar-refractivity contribution in [3.05, 3.63) is 0 Å². The summed E-state index contributed by atoms with van der Waals surface area (Å²) in [6.07, 6.45) is 3.00. The fourth-order valence-electron chi connectivity index (χ4n) is 0.948. The van der Waals surface area contributed by atoms with Crippen molar-refractivity contribution in [2.24, 2.45) is 5.73 Å². The average molecular weight is 174 g/mol. The Kier molecular flexibility index (Phi) is 6.42. The predicted molar refractivity (Wildman–Crippen MR) is 53.4 cm³/mol. The van der Waals surface area contributed by atoms with E-state index in [1.54, 1.807) is 0 Å². The van der Waals surface area contributed by atoms with E-state index in [1.807, 2.05) is 11.8 Å². The Morgan fingerprint density at radius 3 is 2.73 bits per heavy atom. The summed E-state index contributed by atoms with van der Waals surface area (Å²) in [4.78, 5) is 0. The van der Waals surface area contributed by atoms with Gasteiger partial charge in [-0.1, -0.05) is 13.8 Å². The van der Waals surface area contributed by atoms with Gasteiger partial charge in [0.1, 0.15) is 0 Å². The number of hydrogen-bond acceptors (Lipinski definition) is 2. The second-order valence-corrected chi connectivity index (χ2v) is 4.40. The van der Waals surface area contributed by atoms with Crippen LogP contribution >= 0.6 is 11.8 Å². The summed E-state index contributed by atoms with van der Waals surface area (Å²) in [5.74, 6) is 1.50. The van der Waals surface area contributed by atoms with Gasteiger partial charge in [0.25, 0.3) is 0 Å². The van der Waals surface area contributed by atoms with Crippen molar-refractivity contribution in [3.8, 4) is 0 Å². The van der Waals surface area contributed by atoms with Crippen LogP contribution < -0.4 is 5.73 Å². The first-order chi connectivity index (χ1) is 5.16. The number of amidine groups is 1. The van der Waals surface area contributed by atoms with Crippen LogP contribution in [-0.4, -0.2) is 16.8 Å². The van der Waals surface area contributed by atoms with Crippen LogP contribution in [0.1, 0.15) is 33.1 Å². The summed E-state index contributed by atoms with van der Waals surface area (Å²) in [6, 6.07) is 0. The monoisotopic (exact) mass is 174 g/mol. The Morgan fingerprint density at radius 2 is 2.27 bits per heavy atom. The molecular weight excluding hydrogens is 156 g/mol. The summed E-state index contributed by atoms with van der Waals surface area (Å²) in [7, 11) is 0. The van der Waals surface area contributed by atoms with E-state index in [-0.39, 0.29) is 0 Å². The molecule has 0 aromatic heterocycles. The maximum atomic E-state index is 7.01. The Bertz CT molecular complexity index is 115. The van der Waals surface area contributed by atoms with E-state index in [9.17, 15) is 0 Å². The zero-order valence-corrected chi connectivity index (χ0v) is 8.21. The molecule has 0 aliphatic carbocycles. The SMILES string of the molecule is CCSC(C)CCCC(=N)N. The molecule has 0 amide bonds. The first kappa shape index (κ1) is 10.8. The zero-order valence-electron chi connectivity index (χ0n) is 7.39. The molecule has 11 heavy (non-hydrogen) atoms. The molecule has 0 fully saturated rings. The number of rotatable bonds is 6. The maximum Gasteiger partial charge on any atom is 0.0905 e. The molecular formula is C8H18N2S. The highest BCUT2D eigenvalue weighted by molar-refractivity contribution is 7.99. The van der Waals surface area contributed by atoms with Crippen molar-refractivity contribution >= 4 is 17.6 Å². The van der Waals surface area contributed by atoms with Gasteiger partial charge in [-0.2, -0.15) is 11.8 Å². The fraction of sp³-hybridized carbons (Fsp3) is 0.875. The van der Waals surface area contributed by atoms with Crippen LogP contribution in [0.25, 0.3) is 0 Å². The van der Waals surface area contributed by atoms with Gasteiger partial charge in [0.15, 0.2) is 0 Å². The molecule has 0 rings (SSSR count).